The molecule has 2 rings (SSSR count). The number of hydrogen-bond acceptors (Lipinski definition) is 2. The first-order valence-corrected chi connectivity index (χ1v) is 8.78. The highest BCUT2D eigenvalue weighted by molar-refractivity contribution is 14.1. The zero-order valence-corrected chi connectivity index (χ0v) is 16.5. The second-order valence-electron chi connectivity index (χ2n) is 6.10. The minimum atomic E-state index is -0.452. The molecule has 0 radical (unpaired) electrons. The Morgan fingerprint density at radius 1 is 1.35 bits per heavy atom. The quantitative estimate of drug-likeness (QED) is 0.523. The summed E-state index contributed by atoms with van der Waals surface area (Å²) in [5.41, 5.74) is 2.20. The van der Waals surface area contributed by atoms with E-state index >= 15 is 0 Å². The van der Waals surface area contributed by atoms with Gasteiger partial charge in [-0.05, 0) is 102 Å². The Morgan fingerprint density at radius 3 is 2.60 bits per heavy atom. The van der Waals surface area contributed by atoms with Gasteiger partial charge in [-0.3, -0.25) is 0 Å². The highest BCUT2D eigenvalue weighted by Crippen LogP contribution is 2.38. The summed E-state index contributed by atoms with van der Waals surface area (Å²) in [6.07, 6.45) is 1.76. The van der Waals surface area contributed by atoms with Crippen molar-refractivity contribution in [3.63, 3.8) is 0 Å². The van der Waals surface area contributed by atoms with Crippen LogP contribution < -0.4 is 0 Å². The molecular formula is C15H19I2NO2. The number of ether oxygens (including phenoxy) is 1. The van der Waals surface area contributed by atoms with Crippen LogP contribution in [0.15, 0.2) is 12.1 Å². The summed E-state index contributed by atoms with van der Waals surface area (Å²) >= 11 is 4.72. The highest BCUT2D eigenvalue weighted by atomic mass is 127. The Morgan fingerprint density at radius 2 is 2.00 bits per heavy atom. The van der Waals surface area contributed by atoms with E-state index in [1.807, 2.05) is 27.8 Å². The van der Waals surface area contributed by atoms with E-state index in [0.717, 1.165) is 12.8 Å². The van der Waals surface area contributed by atoms with Crippen molar-refractivity contribution in [3.05, 3.63) is 30.4 Å². The number of rotatable bonds is 1. The van der Waals surface area contributed by atoms with E-state index in [4.69, 9.17) is 4.74 Å². The standard InChI is InChI=1S/C15H19I2NO2/c1-15(2,3)20-14(19)18(4)13-6-5-10-11(13)7-9(16)8-12(10)17/h7-8,13H,5-6H2,1-4H3. The lowest BCUT2D eigenvalue weighted by atomic mass is 10.1. The van der Waals surface area contributed by atoms with Gasteiger partial charge >= 0.3 is 6.09 Å². The van der Waals surface area contributed by atoms with Gasteiger partial charge in [0, 0.05) is 14.2 Å². The second kappa shape index (κ2) is 5.98. The van der Waals surface area contributed by atoms with Gasteiger partial charge in [-0.15, -0.1) is 0 Å². The van der Waals surface area contributed by atoms with Gasteiger partial charge in [0.1, 0.15) is 5.60 Å². The summed E-state index contributed by atoms with van der Waals surface area (Å²) in [6, 6.07) is 4.51. The fraction of sp³-hybridized carbons (Fsp3) is 0.533. The first kappa shape index (κ1) is 16.3. The molecular weight excluding hydrogens is 480 g/mol. The summed E-state index contributed by atoms with van der Waals surface area (Å²) in [4.78, 5) is 14.0. The second-order valence-corrected chi connectivity index (χ2v) is 8.51. The molecule has 5 heteroatoms. The van der Waals surface area contributed by atoms with Crippen LogP contribution in [0.4, 0.5) is 4.79 Å². The molecule has 110 valence electrons. The number of fused-ring (bicyclic) bond motifs is 1. The molecule has 1 atom stereocenters. The van der Waals surface area contributed by atoms with Crippen molar-refractivity contribution >= 4 is 51.3 Å². The normalized spacial score (nSPS) is 17.8. The number of carbonyl (C=O) groups excluding carboxylic acids is 1. The Kier molecular flexibility index (Phi) is 4.88. The molecule has 0 N–H and O–H groups in total. The minimum absolute atomic E-state index is 0.128. The SMILES string of the molecule is CN(C(=O)OC(C)(C)C)C1CCc2c(I)cc(I)cc21. The minimum Gasteiger partial charge on any atom is -0.444 e. The van der Waals surface area contributed by atoms with E-state index in [-0.39, 0.29) is 12.1 Å². The third kappa shape index (κ3) is 3.58. The average Bonchev–Trinajstić information content (AvgIpc) is 2.69. The summed E-state index contributed by atoms with van der Waals surface area (Å²) in [5.74, 6) is 0. The fourth-order valence-corrected chi connectivity index (χ4v) is 4.64. The van der Waals surface area contributed by atoms with Gasteiger partial charge < -0.3 is 9.64 Å². The largest absolute Gasteiger partial charge is 0.444 e. The smallest absolute Gasteiger partial charge is 0.410 e. The molecule has 0 bridgehead atoms. The number of halogens is 2. The summed E-state index contributed by atoms with van der Waals surface area (Å²) in [7, 11) is 1.83. The van der Waals surface area contributed by atoms with Crippen LogP contribution in [0.2, 0.25) is 0 Å². The fourth-order valence-electron chi connectivity index (χ4n) is 2.48. The lowest BCUT2D eigenvalue weighted by Crippen LogP contribution is -2.36. The van der Waals surface area contributed by atoms with Crippen molar-refractivity contribution in [1.29, 1.82) is 0 Å². The summed E-state index contributed by atoms with van der Waals surface area (Å²) in [5, 5.41) is 0. The van der Waals surface area contributed by atoms with E-state index in [1.54, 1.807) is 4.90 Å². The molecule has 1 aliphatic rings. The third-order valence-electron chi connectivity index (χ3n) is 3.37. The molecule has 0 heterocycles. The predicted molar refractivity (Wildman–Crippen MR) is 96.9 cm³/mol. The van der Waals surface area contributed by atoms with Crippen LogP contribution in [0.3, 0.4) is 0 Å². The average molecular weight is 499 g/mol. The Labute approximate surface area is 147 Å². The van der Waals surface area contributed by atoms with E-state index in [2.05, 4.69) is 57.3 Å². The van der Waals surface area contributed by atoms with Gasteiger partial charge in [-0.1, -0.05) is 0 Å². The first-order valence-electron chi connectivity index (χ1n) is 6.62. The highest BCUT2D eigenvalue weighted by Gasteiger charge is 2.32. The van der Waals surface area contributed by atoms with Crippen LogP contribution in [-0.2, 0) is 11.2 Å². The van der Waals surface area contributed by atoms with Crippen molar-refractivity contribution in [1.82, 2.24) is 4.90 Å². The molecule has 1 aromatic carbocycles. The van der Waals surface area contributed by atoms with Gasteiger partial charge in [0.15, 0.2) is 0 Å². The Hall–Kier alpha value is -0.0500. The van der Waals surface area contributed by atoms with E-state index in [0.29, 0.717) is 0 Å². The molecule has 1 unspecified atom stereocenters. The van der Waals surface area contributed by atoms with Crippen molar-refractivity contribution < 1.29 is 9.53 Å². The lowest BCUT2D eigenvalue weighted by molar-refractivity contribution is 0.0220. The van der Waals surface area contributed by atoms with Crippen molar-refractivity contribution in [2.24, 2.45) is 0 Å². The zero-order chi connectivity index (χ0) is 15.1. The maximum atomic E-state index is 12.2. The number of hydrogen-bond donors (Lipinski definition) is 0. The zero-order valence-electron chi connectivity index (χ0n) is 12.2. The maximum Gasteiger partial charge on any atom is 0.410 e. The molecule has 20 heavy (non-hydrogen) atoms. The van der Waals surface area contributed by atoms with Crippen LogP contribution in [0.25, 0.3) is 0 Å². The van der Waals surface area contributed by atoms with E-state index < -0.39 is 5.60 Å². The summed E-state index contributed by atoms with van der Waals surface area (Å²) in [6.45, 7) is 5.69. The summed E-state index contributed by atoms with van der Waals surface area (Å²) < 4.78 is 7.98. The van der Waals surface area contributed by atoms with E-state index in [1.165, 1.54) is 18.3 Å². The van der Waals surface area contributed by atoms with E-state index in [9.17, 15) is 4.79 Å². The van der Waals surface area contributed by atoms with Crippen LogP contribution in [0.1, 0.15) is 44.4 Å². The molecule has 3 nitrogen and oxygen atoms in total. The first-order chi connectivity index (χ1) is 9.19. The molecule has 0 aliphatic heterocycles. The van der Waals surface area contributed by atoms with Crippen LogP contribution in [0.5, 0.6) is 0 Å². The molecule has 0 saturated carbocycles. The maximum absolute atomic E-state index is 12.2. The van der Waals surface area contributed by atoms with Gasteiger partial charge in [0.05, 0.1) is 6.04 Å². The molecule has 0 saturated heterocycles. The van der Waals surface area contributed by atoms with Crippen molar-refractivity contribution in [3.8, 4) is 0 Å². The lowest BCUT2D eigenvalue weighted by Gasteiger charge is -2.29. The Balaban J connectivity index is 2.23. The van der Waals surface area contributed by atoms with Crippen molar-refractivity contribution in [2.75, 3.05) is 7.05 Å². The Bertz CT molecular complexity index is 537. The molecule has 0 spiro atoms. The van der Waals surface area contributed by atoms with Crippen molar-refractivity contribution in [2.45, 2.75) is 45.3 Å². The predicted octanol–water partition coefficient (Wildman–Crippen LogP) is 4.75. The van der Waals surface area contributed by atoms with Gasteiger partial charge in [-0.2, -0.15) is 0 Å². The monoisotopic (exact) mass is 499 g/mol. The third-order valence-corrected chi connectivity index (χ3v) is 4.96. The van der Waals surface area contributed by atoms with Crippen LogP contribution in [0, 0.1) is 7.14 Å². The van der Waals surface area contributed by atoms with Gasteiger partial charge in [-0.25, -0.2) is 4.79 Å². The van der Waals surface area contributed by atoms with Gasteiger partial charge in [0.2, 0.25) is 0 Å². The number of nitrogens with zero attached hydrogens (tertiary/aromatic N) is 1. The van der Waals surface area contributed by atoms with Crippen LogP contribution in [-0.4, -0.2) is 23.6 Å². The molecule has 1 amide bonds. The van der Waals surface area contributed by atoms with Gasteiger partial charge in [0.25, 0.3) is 0 Å². The molecule has 1 aromatic rings. The number of carbonyl (C=O) groups is 1. The number of benzene rings is 1. The van der Waals surface area contributed by atoms with Crippen LogP contribution >= 0.6 is 45.2 Å². The number of amides is 1. The molecule has 0 fully saturated rings. The topological polar surface area (TPSA) is 29.5 Å². The molecule has 1 aliphatic carbocycles. The molecule has 0 aromatic heterocycles.